The molecule has 0 bridgehead atoms. The molecule has 0 aliphatic heterocycles. The fourth-order valence-corrected chi connectivity index (χ4v) is 4.35. The van der Waals surface area contributed by atoms with E-state index in [4.69, 9.17) is 11.6 Å². The predicted octanol–water partition coefficient (Wildman–Crippen LogP) is 6.53. The maximum absolute atomic E-state index is 6.35. The van der Waals surface area contributed by atoms with Gasteiger partial charge in [-0.05, 0) is 49.1 Å². The van der Waals surface area contributed by atoms with Gasteiger partial charge in [0.1, 0.15) is 0 Å². The third kappa shape index (κ3) is 3.20. The van der Waals surface area contributed by atoms with Crippen molar-refractivity contribution in [2.75, 3.05) is 0 Å². The van der Waals surface area contributed by atoms with Crippen molar-refractivity contribution in [1.82, 2.24) is 4.98 Å². The quantitative estimate of drug-likeness (QED) is 0.623. The summed E-state index contributed by atoms with van der Waals surface area (Å²) in [5, 5.41) is 2.21. The number of aryl methyl sites for hydroxylation is 1. The van der Waals surface area contributed by atoms with Crippen LogP contribution in [0.15, 0.2) is 18.2 Å². The van der Waals surface area contributed by atoms with Gasteiger partial charge in [0.05, 0.1) is 10.5 Å². The number of benzene rings is 1. The van der Waals surface area contributed by atoms with E-state index < -0.39 is 0 Å². The Morgan fingerprint density at radius 2 is 2.18 bits per heavy atom. The fourth-order valence-electron chi connectivity index (χ4n) is 4.13. The van der Waals surface area contributed by atoms with E-state index >= 15 is 0 Å². The van der Waals surface area contributed by atoms with Gasteiger partial charge in [-0.3, -0.25) is 0 Å². The van der Waals surface area contributed by atoms with Crippen LogP contribution in [0.25, 0.3) is 10.9 Å². The van der Waals surface area contributed by atoms with Crippen molar-refractivity contribution >= 4 is 22.5 Å². The van der Waals surface area contributed by atoms with Crippen molar-refractivity contribution < 1.29 is 0 Å². The summed E-state index contributed by atoms with van der Waals surface area (Å²) in [6.07, 6.45) is 10.6. The van der Waals surface area contributed by atoms with Gasteiger partial charge in [-0.25, -0.2) is 0 Å². The van der Waals surface area contributed by atoms with Gasteiger partial charge < -0.3 is 4.98 Å². The average Bonchev–Trinajstić information content (AvgIpc) is 2.91. The maximum Gasteiger partial charge on any atom is 0.0648 e. The molecular formula is C20H28ClN. The van der Waals surface area contributed by atoms with Gasteiger partial charge in [-0.1, -0.05) is 63.3 Å². The number of fused-ring (bicyclic) bond motifs is 3. The van der Waals surface area contributed by atoms with E-state index in [1.165, 1.54) is 62.4 Å². The third-order valence-corrected chi connectivity index (χ3v) is 5.80. The first-order valence-corrected chi connectivity index (χ1v) is 9.38. The molecule has 1 aromatic carbocycles. The van der Waals surface area contributed by atoms with Crippen LogP contribution >= 0.6 is 11.6 Å². The van der Waals surface area contributed by atoms with Gasteiger partial charge >= 0.3 is 0 Å². The molecule has 3 rings (SSSR count). The molecule has 1 aliphatic rings. The van der Waals surface area contributed by atoms with Gasteiger partial charge in [-0.2, -0.15) is 0 Å². The largest absolute Gasteiger partial charge is 0.357 e. The Morgan fingerprint density at radius 1 is 1.32 bits per heavy atom. The lowest BCUT2D eigenvalue weighted by Gasteiger charge is -2.26. The molecule has 1 nitrogen and oxygen atoms in total. The Morgan fingerprint density at radius 3 is 2.95 bits per heavy atom. The summed E-state index contributed by atoms with van der Waals surface area (Å²) in [7, 11) is 0. The molecule has 2 heteroatoms. The van der Waals surface area contributed by atoms with Crippen molar-refractivity contribution in [1.29, 1.82) is 0 Å². The number of rotatable bonds is 6. The zero-order valence-corrected chi connectivity index (χ0v) is 14.7. The fraction of sp³-hybridized carbons (Fsp3) is 0.600. The average molecular weight is 318 g/mol. The zero-order valence-electron chi connectivity index (χ0n) is 13.9. The van der Waals surface area contributed by atoms with Crippen LogP contribution in [0.2, 0.25) is 5.02 Å². The highest BCUT2D eigenvalue weighted by molar-refractivity contribution is 6.35. The van der Waals surface area contributed by atoms with Crippen LogP contribution in [0, 0.1) is 11.8 Å². The molecule has 0 saturated carbocycles. The highest BCUT2D eigenvalue weighted by Gasteiger charge is 2.24. The van der Waals surface area contributed by atoms with Gasteiger partial charge in [0.15, 0.2) is 0 Å². The number of aromatic amines is 1. The molecule has 2 atom stereocenters. The number of aromatic nitrogens is 1. The number of hydrogen-bond acceptors (Lipinski definition) is 0. The van der Waals surface area contributed by atoms with Crippen molar-refractivity contribution in [3.05, 3.63) is 34.5 Å². The first-order valence-electron chi connectivity index (χ1n) is 9.00. The van der Waals surface area contributed by atoms with Crippen LogP contribution in [0.3, 0.4) is 0 Å². The lowest BCUT2D eigenvalue weighted by Crippen LogP contribution is -2.17. The van der Waals surface area contributed by atoms with E-state index in [0.29, 0.717) is 0 Å². The van der Waals surface area contributed by atoms with Crippen LogP contribution in [0.1, 0.15) is 63.6 Å². The molecule has 2 aromatic rings. The minimum Gasteiger partial charge on any atom is -0.357 e. The van der Waals surface area contributed by atoms with E-state index in [9.17, 15) is 0 Å². The predicted molar refractivity (Wildman–Crippen MR) is 96.7 cm³/mol. The number of halogens is 1. The topological polar surface area (TPSA) is 15.8 Å². The third-order valence-electron chi connectivity index (χ3n) is 5.48. The maximum atomic E-state index is 6.35. The van der Waals surface area contributed by atoms with Crippen LogP contribution in [-0.4, -0.2) is 4.98 Å². The molecule has 0 amide bonds. The number of nitrogens with one attached hydrogen (secondary N) is 1. The SMILES string of the molecule is CCCCC(CC)CC1CCc2[nH]c3c(Cl)cccc3c2C1. The summed E-state index contributed by atoms with van der Waals surface area (Å²) in [6, 6.07) is 6.30. The Kier molecular flexibility index (Phi) is 5.13. The highest BCUT2D eigenvalue weighted by Crippen LogP contribution is 2.37. The number of para-hydroxylation sites is 1. The molecule has 0 fully saturated rings. The van der Waals surface area contributed by atoms with Crippen LogP contribution in [0.4, 0.5) is 0 Å². The van der Waals surface area contributed by atoms with Crippen molar-refractivity contribution in [2.24, 2.45) is 11.8 Å². The molecule has 1 aromatic heterocycles. The second-order valence-corrected chi connectivity index (χ2v) is 7.41. The Balaban J connectivity index is 1.75. The molecule has 1 heterocycles. The second kappa shape index (κ2) is 7.08. The van der Waals surface area contributed by atoms with Gasteiger partial charge in [0.2, 0.25) is 0 Å². The molecule has 0 radical (unpaired) electrons. The molecule has 0 saturated heterocycles. The van der Waals surface area contributed by atoms with Crippen molar-refractivity contribution in [3.8, 4) is 0 Å². The normalized spacial score (nSPS) is 19.3. The zero-order chi connectivity index (χ0) is 15.5. The van der Waals surface area contributed by atoms with Gasteiger partial charge in [-0.15, -0.1) is 0 Å². The summed E-state index contributed by atoms with van der Waals surface area (Å²) in [6.45, 7) is 4.66. The van der Waals surface area contributed by atoms with E-state index in [2.05, 4.69) is 31.0 Å². The minimum absolute atomic E-state index is 0.854. The van der Waals surface area contributed by atoms with E-state index in [0.717, 1.165) is 22.4 Å². The van der Waals surface area contributed by atoms with Crippen molar-refractivity contribution in [3.63, 3.8) is 0 Å². The first kappa shape index (κ1) is 15.9. The van der Waals surface area contributed by atoms with Crippen LogP contribution in [-0.2, 0) is 12.8 Å². The van der Waals surface area contributed by atoms with E-state index in [1.807, 2.05) is 6.07 Å². The summed E-state index contributed by atoms with van der Waals surface area (Å²) in [5.74, 6) is 1.77. The summed E-state index contributed by atoms with van der Waals surface area (Å²) in [5.41, 5.74) is 4.12. The molecule has 120 valence electrons. The smallest absolute Gasteiger partial charge is 0.0648 e. The summed E-state index contributed by atoms with van der Waals surface area (Å²) in [4.78, 5) is 3.57. The number of unbranched alkanes of at least 4 members (excludes halogenated alkanes) is 1. The van der Waals surface area contributed by atoms with E-state index in [-0.39, 0.29) is 0 Å². The summed E-state index contributed by atoms with van der Waals surface area (Å²) >= 11 is 6.35. The monoisotopic (exact) mass is 317 g/mol. The lowest BCUT2D eigenvalue weighted by atomic mass is 9.79. The molecule has 22 heavy (non-hydrogen) atoms. The molecule has 1 aliphatic carbocycles. The number of hydrogen-bond donors (Lipinski definition) is 1. The minimum atomic E-state index is 0.854. The molecule has 1 N–H and O–H groups in total. The molecular weight excluding hydrogens is 290 g/mol. The van der Waals surface area contributed by atoms with Crippen LogP contribution in [0.5, 0.6) is 0 Å². The van der Waals surface area contributed by atoms with Gasteiger partial charge in [0.25, 0.3) is 0 Å². The van der Waals surface area contributed by atoms with Gasteiger partial charge in [0, 0.05) is 11.1 Å². The molecule has 0 spiro atoms. The standard InChI is InChI=1S/C20H28ClN/c1-3-5-7-14(4-2)12-15-10-11-19-17(13-15)16-8-6-9-18(21)20(16)22-19/h6,8-9,14-15,22H,3-5,7,10-13H2,1-2H3. The molecule has 2 unspecified atom stereocenters. The highest BCUT2D eigenvalue weighted by atomic mass is 35.5. The Hall–Kier alpha value is -0.950. The van der Waals surface area contributed by atoms with Crippen LogP contribution < -0.4 is 0 Å². The lowest BCUT2D eigenvalue weighted by molar-refractivity contribution is 0.313. The van der Waals surface area contributed by atoms with E-state index in [1.54, 1.807) is 5.56 Å². The number of H-pyrrole nitrogens is 1. The first-order chi connectivity index (χ1) is 10.7. The van der Waals surface area contributed by atoms with Crippen molar-refractivity contribution in [2.45, 2.75) is 65.2 Å². The second-order valence-electron chi connectivity index (χ2n) is 7.01. The Bertz CT molecular complexity index is 628. The Labute approximate surface area is 139 Å². The summed E-state index contributed by atoms with van der Waals surface area (Å²) < 4.78 is 0.